The van der Waals surface area contributed by atoms with Crippen LogP contribution in [-0.2, 0) is 6.42 Å². The van der Waals surface area contributed by atoms with Crippen molar-refractivity contribution in [3.8, 4) is 5.69 Å². The summed E-state index contributed by atoms with van der Waals surface area (Å²) in [6, 6.07) is 13.7. The van der Waals surface area contributed by atoms with E-state index in [0.717, 1.165) is 17.7 Å². The van der Waals surface area contributed by atoms with Crippen LogP contribution in [-0.4, -0.2) is 57.6 Å². The molecule has 2 amide bonds. The van der Waals surface area contributed by atoms with E-state index in [2.05, 4.69) is 5.10 Å². The second-order valence-electron chi connectivity index (χ2n) is 8.05. The molecule has 0 spiro atoms. The lowest BCUT2D eigenvalue weighted by Crippen LogP contribution is -2.37. The number of benzene rings is 2. The standard InChI is InChI=1S/C25H27FN4O2/c1-3-23-22(17-27-30(23)21-10-8-20(26)9-11-21)25(32)29-13-5-12-28(14-15-29)24(31)19-7-4-6-18(2)16-19/h4,6-11,16-17H,3,5,12-15H2,1-2H3. The first kappa shape index (κ1) is 21.7. The van der Waals surface area contributed by atoms with Gasteiger partial charge >= 0.3 is 0 Å². The summed E-state index contributed by atoms with van der Waals surface area (Å²) in [5.74, 6) is -0.397. The maximum Gasteiger partial charge on any atom is 0.257 e. The molecule has 1 fully saturated rings. The Balaban J connectivity index is 1.50. The molecule has 2 aromatic carbocycles. The van der Waals surface area contributed by atoms with E-state index < -0.39 is 0 Å². The van der Waals surface area contributed by atoms with Crippen LogP contribution in [0.1, 0.15) is 45.3 Å². The van der Waals surface area contributed by atoms with Gasteiger partial charge in [-0.2, -0.15) is 5.10 Å². The van der Waals surface area contributed by atoms with Crippen molar-refractivity contribution >= 4 is 11.8 Å². The van der Waals surface area contributed by atoms with Gasteiger partial charge in [0.05, 0.1) is 23.1 Å². The molecule has 0 saturated carbocycles. The highest BCUT2D eigenvalue weighted by Crippen LogP contribution is 2.19. The number of amides is 2. The summed E-state index contributed by atoms with van der Waals surface area (Å²) in [5.41, 5.74) is 3.79. The third-order valence-electron chi connectivity index (χ3n) is 5.84. The summed E-state index contributed by atoms with van der Waals surface area (Å²) in [4.78, 5) is 29.9. The monoisotopic (exact) mass is 434 g/mol. The van der Waals surface area contributed by atoms with Crippen LogP contribution >= 0.6 is 0 Å². The summed E-state index contributed by atoms with van der Waals surface area (Å²) in [6.45, 7) is 6.11. The molecule has 6 nitrogen and oxygen atoms in total. The van der Waals surface area contributed by atoms with Crippen molar-refractivity contribution in [2.75, 3.05) is 26.2 Å². The smallest absolute Gasteiger partial charge is 0.257 e. The third kappa shape index (κ3) is 4.42. The lowest BCUT2D eigenvalue weighted by Gasteiger charge is -2.22. The molecule has 4 rings (SSSR count). The van der Waals surface area contributed by atoms with Crippen LogP contribution < -0.4 is 0 Å². The van der Waals surface area contributed by atoms with Gasteiger partial charge in [0.15, 0.2) is 0 Å². The Morgan fingerprint density at radius 1 is 0.969 bits per heavy atom. The Kier molecular flexibility index (Phi) is 6.35. The van der Waals surface area contributed by atoms with E-state index in [4.69, 9.17) is 0 Å². The van der Waals surface area contributed by atoms with Gasteiger partial charge in [-0.05, 0) is 56.2 Å². The highest BCUT2D eigenvalue weighted by molar-refractivity contribution is 5.96. The topological polar surface area (TPSA) is 58.4 Å². The minimum atomic E-state index is -0.315. The Bertz CT molecular complexity index is 1120. The molecule has 0 atom stereocenters. The molecule has 0 unspecified atom stereocenters. The van der Waals surface area contributed by atoms with Crippen molar-refractivity contribution in [2.24, 2.45) is 0 Å². The molecule has 1 aliphatic rings. The van der Waals surface area contributed by atoms with Crippen LogP contribution in [0.4, 0.5) is 4.39 Å². The fourth-order valence-electron chi connectivity index (χ4n) is 4.15. The zero-order valence-corrected chi connectivity index (χ0v) is 18.4. The molecule has 7 heteroatoms. The SMILES string of the molecule is CCc1c(C(=O)N2CCCN(C(=O)c3cccc(C)c3)CC2)cnn1-c1ccc(F)cc1. The van der Waals surface area contributed by atoms with Gasteiger partial charge < -0.3 is 9.80 Å². The summed E-state index contributed by atoms with van der Waals surface area (Å²) >= 11 is 0. The van der Waals surface area contributed by atoms with Crippen molar-refractivity contribution in [1.29, 1.82) is 0 Å². The first-order valence-corrected chi connectivity index (χ1v) is 11.0. The Morgan fingerprint density at radius 3 is 2.31 bits per heavy atom. The molecule has 0 N–H and O–H groups in total. The van der Waals surface area contributed by atoms with E-state index in [1.807, 2.05) is 43.0 Å². The summed E-state index contributed by atoms with van der Waals surface area (Å²) in [5, 5.41) is 4.40. The number of rotatable bonds is 4. The molecule has 1 saturated heterocycles. The molecule has 0 aliphatic carbocycles. The largest absolute Gasteiger partial charge is 0.337 e. The van der Waals surface area contributed by atoms with Crippen molar-refractivity contribution in [1.82, 2.24) is 19.6 Å². The highest BCUT2D eigenvalue weighted by Gasteiger charge is 2.26. The summed E-state index contributed by atoms with van der Waals surface area (Å²) in [6.07, 6.45) is 2.92. The first-order valence-electron chi connectivity index (χ1n) is 11.0. The highest BCUT2D eigenvalue weighted by atomic mass is 19.1. The van der Waals surface area contributed by atoms with Gasteiger partial charge in [-0.3, -0.25) is 9.59 Å². The van der Waals surface area contributed by atoms with Gasteiger partial charge in [0, 0.05) is 31.7 Å². The molecule has 3 aromatic rings. The number of nitrogens with zero attached hydrogens (tertiary/aromatic N) is 4. The average Bonchev–Trinajstić information content (AvgIpc) is 3.07. The van der Waals surface area contributed by atoms with Crippen molar-refractivity contribution in [3.63, 3.8) is 0 Å². The number of carbonyl (C=O) groups is 2. The minimum absolute atomic E-state index is 0.00127. The van der Waals surface area contributed by atoms with Gasteiger partial charge in [0.25, 0.3) is 11.8 Å². The molecule has 1 aliphatic heterocycles. The van der Waals surface area contributed by atoms with E-state index in [1.165, 1.54) is 12.1 Å². The second kappa shape index (κ2) is 9.34. The van der Waals surface area contributed by atoms with E-state index in [-0.39, 0.29) is 17.6 Å². The fourth-order valence-corrected chi connectivity index (χ4v) is 4.15. The number of hydrogen-bond acceptors (Lipinski definition) is 3. The van der Waals surface area contributed by atoms with E-state index in [1.54, 1.807) is 27.9 Å². The van der Waals surface area contributed by atoms with Crippen molar-refractivity contribution in [3.05, 3.63) is 82.9 Å². The molecule has 166 valence electrons. The van der Waals surface area contributed by atoms with Crippen molar-refractivity contribution in [2.45, 2.75) is 26.7 Å². The molecule has 1 aromatic heterocycles. The normalized spacial score (nSPS) is 14.3. The second-order valence-corrected chi connectivity index (χ2v) is 8.05. The van der Waals surface area contributed by atoms with Gasteiger partial charge in [-0.25, -0.2) is 9.07 Å². The van der Waals surface area contributed by atoms with Crippen LogP contribution in [0, 0.1) is 12.7 Å². The number of carbonyl (C=O) groups excluding carboxylic acids is 2. The summed E-state index contributed by atoms with van der Waals surface area (Å²) in [7, 11) is 0. The van der Waals surface area contributed by atoms with Crippen LogP contribution in [0.25, 0.3) is 5.69 Å². The number of aromatic nitrogens is 2. The van der Waals surface area contributed by atoms with E-state index >= 15 is 0 Å². The Morgan fingerprint density at radius 2 is 1.66 bits per heavy atom. The quantitative estimate of drug-likeness (QED) is 0.626. The molecule has 0 radical (unpaired) electrons. The minimum Gasteiger partial charge on any atom is -0.337 e. The summed E-state index contributed by atoms with van der Waals surface area (Å²) < 4.78 is 15.0. The van der Waals surface area contributed by atoms with Gasteiger partial charge in [-0.1, -0.05) is 24.6 Å². The zero-order chi connectivity index (χ0) is 22.7. The Labute approximate surface area is 187 Å². The molecule has 32 heavy (non-hydrogen) atoms. The molecule has 0 bridgehead atoms. The number of halogens is 1. The van der Waals surface area contributed by atoms with Gasteiger partial charge in [0.1, 0.15) is 5.82 Å². The maximum atomic E-state index is 13.3. The third-order valence-corrected chi connectivity index (χ3v) is 5.84. The zero-order valence-electron chi connectivity index (χ0n) is 18.4. The van der Waals surface area contributed by atoms with Crippen LogP contribution in [0.2, 0.25) is 0 Å². The maximum absolute atomic E-state index is 13.3. The average molecular weight is 435 g/mol. The fraction of sp³-hybridized carbons (Fsp3) is 0.320. The van der Waals surface area contributed by atoms with Crippen molar-refractivity contribution < 1.29 is 14.0 Å². The lowest BCUT2D eigenvalue weighted by atomic mass is 10.1. The predicted molar refractivity (Wildman–Crippen MR) is 121 cm³/mol. The number of hydrogen-bond donors (Lipinski definition) is 0. The van der Waals surface area contributed by atoms with Crippen LogP contribution in [0.15, 0.2) is 54.7 Å². The van der Waals surface area contributed by atoms with Gasteiger partial charge in [0.2, 0.25) is 0 Å². The first-order chi connectivity index (χ1) is 15.5. The molecular formula is C25H27FN4O2. The van der Waals surface area contributed by atoms with E-state index in [0.29, 0.717) is 49.4 Å². The van der Waals surface area contributed by atoms with E-state index in [9.17, 15) is 14.0 Å². The lowest BCUT2D eigenvalue weighted by molar-refractivity contribution is 0.0718. The van der Waals surface area contributed by atoms with Crippen LogP contribution in [0.3, 0.4) is 0 Å². The molecule has 2 heterocycles. The Hall–Kier alpha value is -3.48. The number of aryl methyl sites for hydroxylation is 1. The van der Waals surface area contributed by atoms with Crippen LogP contribution in [0.5, 0.6) is 0 Å². The predicted octanol–water partition coefficient (Wildman–Crippen LogP) is 3.87. The molecular weight excluding hydrogens is 407 g/mol. The van der Waals surface area contributed by atoms with Gasteiger partial charge in [-0.15, -0.1) is 0 Å².